The summed E-state index contributed by atoms with van der Waals surface area (Å²) in [5, 5.41) is 10.7. The zero-order valence-corrected chi connectivity index (χ0v) is 16.6. The minimum atomic E-state index is -1.15. The number of ether oxygens (including phenoxy) is 3. The highest BCUT2D eigenvalue weighted by Gasteiger charge is 2.12. The molecule has 0 aliphatic carbocycles. The summed E-state index contributed by atoms with van der Waals surface area (Å²) in [4.78, 5) is 21.5. The molecule has 0 atom stereocenters. The van der Waals surface area contributed by atoms with Gasteiger partial charge in [0.05, 0.1) is 10.5 Å². The summed E-state index contributed by atoms with van der Waals surface area (Å²) in [5.41, 5.74) is 0.317. The van der Waals surface area contributed by atoms with Crippen molar-refractivity contribution in [3.63, 3.8) is 0 Å². The lowest BCUT2D eigenvalue weighted by atomic mass is 10.2. The van der Waals surface area contributed by atoms with Crippen molar-refractivity contribution < 1.29 is 23.9 Å². The standard InChI is InChI=1S/C19H23NO6Si/c1-27(2,3)11-10-24-14-25-19-9-8-18(12-15(19)13-21)26-17-6-4-16(5-7-17)20(22)23/h4-9,12-13H,10-11,14H2,1-3H3. The van der Waals surface area contributed by atoms with E-state index in [1.54, 1.807) is 18.2 Å². The molecule has 144 valence electrons. The number of aldehydes is 1. The van der Waals surface area contributed by atoms with E-state index in [9.17, 15) is 14.9 Å². The van der Waals surface area contributed by atoms with Crippen LogP contribution in [0.5, 0.6) is 17.2 Å². The first-order valence-corrected chi connectivity index (χ1v) is 12.2. The average Bonchev–Trinajstić information content (AvgIpc) is 2.61. The van der Waals surface area contributed by atoms with Crippen LogP contribution in [0, 0.1) is 10.1 Å². The number of hydrogen-bond acceptors (Lipinski definition) is 6. The molecular weight excluding hydrogens is 366 g/mol. The van der Waals surface area contributed by atoms with Crippen molar-refractivity contribution in [2.75, 3.05) is 13.4 Å². The fourth-order valence-electron chi connectivity index (χ4n) is 2.13. The van der Waals surface area contributed by atoms with Gasteiger partial charge in [0.25, 0.3) is 5.69 Å². The number of non-ortho nitro benzene ring substituents is 1. The third-order valence-corrected chi connectivity index (χ3v) is 5.39. The van der Waals surface area contributed by atoms with E-state index in [2.05, 4.69) is 19.6 Å². The quantitative estimate of drug-likeness (QED) is 0.144. The van der Waals surface area contributed by atoms with Crippen LogP contribution >= 0.6 is 0 Å². The Morgan fingerprint density at radius 3 is 2.33 bits per heavy atom. The van der Waals surface area contributed by atoms with Crippen molar-refractivity contribution in [3.05, 3.63) is 58.1 Å². The average molecular weight is 389 g/mol. The van der Waals surface area contributed by atoms with Crippen molar-refractivity contribution in [1.82, 2.24) is 0 Å². The summed E-state index contributed by atoms with van der Waals surface area (Å²) in [5.74, 6) is 1.27. The van der Waals surface area contributed by atoms with E-state index in [1.807, 2.05) is 0 Å². The molecule has 0 unspecified atom stereocenters. The monoisotopic (exact) mass is 389 g/mol. The lowest BCUT2D eigenvalue weighted by molar-refractivity contribution is -0.384. The van der Waals surface area contributed by atoms with Gasteiger partial charge in [0.1, 0.15) is 17.2 Å². The second kappa shape index (κ2) is 9.29. The summed E-state index contributed by atoms with van der Waals surface area (Å²) >= 11 is 0. The summed E-state index contributed by atoms with van der Waals surface area (Å²) in [6.07, 6.45) is 0.681. The Labute approximate surface area is 159 Å². The van der Waals surface area contributed by atoms with Gasteiger partial charge in [-0.1, -0.05) is 19.6 Å². The van der Waals surface area contributed by atoms with Gasteiger partial charge in [0.15, 0.2) is 13.1 Å². The molecule has 27 heavy (non-hydrogen) atoms. The Bertz CT molecular complexity index is 786. The minimum Gasteiger partial charge on any atom is -0.467 e. The summed E-state index contributed by atoms with van der Waals surface area (Å²) < 4.78 is 16.6. The van der Waals surface area contributed by atoms with E-state index in [0.717, 1.165) is 6.04 Å². The Balaban J connectivity index is 1.94. The van der Waals surface area contributed by atoms with E-state index in [-0.39, 0.29) is 12.5 Å². The predicted octanol–water partition coefficient (Wildman–Crippen LogP) is 4.89. The van der Waals surface area contributed by atoms with Crippen LogP contribution in [0.1, 0.15) is 10.4 Å². The maximum Gasteiger partial charge on any atom is 0.269 e. The lowest BCUT2D eigenvalue weighted by Crippen LogP contribution is -2.22. The Morgan fingerprint density at radius 2 is 1.74 bits per heavy atom. The van der Waals surface area contributed by atoms with Crippen LogP contribution in [0.2, 0.25) is 25.7 Å². The molecular formula is C19H23NO6Si. The van der Waals surface area contributed by atoms with E-state index < -0.39 is 13.0 Å². The van der Waals surface area contributed by atoms with Crippen LogP contribution in [0.15, 0.2) is 42.5 Å². The van der Waals surface area contributed by atoms with Crippen LogP contribution in [0.3, 0.4) is 0 Å². The number of rotatable bonds is 10. The number of nitrogens with zero attached hydrogens (tertiary/aromatic N) is 1. The number of carbonyl (C=O) groups is 1. The van der Waals surface area contributed by atoms with Crippen molar-refractivity contribution in [3.8, 4) is 17.2 Å². The number of nitro groups is 1. The molecule has 8 heteroatoms. The van der Waals surface area contributed by atoms with Gasteiger partial charge in [-0.05, 0) is 36.4 Å². The molecule has 7 nitrogen and oxygen atoms in total. The van der Waals surface area contributed by atoms with Crippen LogP contribution < -0.4 is 9.47 Å². The van der Waals surface area contributed by atoms with Crippen molar-refractivity contribution in [2.45, 2.75) is 25.7 Å². The molecule has 0 amide bonds. The zero-order valence-electron chi connectivity index (χ0n) is 15.6. The van der Waals surface area contributed by atoms with Gasteiger partial charge in [-0.2, -0.15) is 0 Å². The molecule has 0 radical (unpaired) electrons. The number of hydrogen-bond donors (Lipinski definition) is 0. The van der Waals surface area contributed by atoms with Gasteiger partial charge in [0, 0.05) is 26.8 Å². The molecule has 0 bridgehead atoms. The van der Waals surface area contributed by atoms with Crippen molar-refractivity contribution >= 4 is 20.0 Å². The Kier molecular flexibility index (Phi) is 7.09. The van der Waals surface area contributed by atoms with Gasteiger partial charge in [-0.3, -0.25) is 14.9 Å². The number of carbonyl (C=O) groups excluding carboxylic acids is 1. The molecule has 0 N–H and O–H groups in total. The first kappa shape index (κ1) is 20.6. The number of benzene rings is 2. The van der Waals surface area contributed by atoms with Gasteiger partial charge < -0.3 is 14.2 Å². The first-order valence-electron chi connectivity index (χ1n) is 8.50. The molecule has 2 aromatic carbocycles. The molecule has 0 fully saturated rings. The fraction of sp³-hybridized carbons (Fsp3) is 0.316. The van der Waals surface area contributed by atoms with Gasteiger partial charge in [-0.25, -0.2) is 0 Å². The highest BCUT2D eigenvalue weighted by molar-refractivity contribution is 6.76. The second-order valence-electron chi connectivity index (χ2n) is 7.15. The van der Waals surface area contributed by atoms with Gasteiger partial charge >= 0.3 is 0 Å². The fourth-order valence-corrected chi connectivity index (χ4v) is 2.88. The van der Waals surface area contributed by atoms with E-state index in [0.29, 0.717) is 35.7 Å². The van der Waals surface area contributed by atoms with Crippen molar-refractivity contribution in [1.29, 1.82) is 0 Å². The lowest BCUT2D eigenvalue weighted by Gasteiger charge is -2.16. The molecule has 2 rings (SSSR count). The molecule has 0 saturated heterocycles. The first-order chi connectivity index (χ1) is 12.8. The maximum absolute atomic E-state index is 11.3. The SMILES string of the molecule is C[Si](C)(C)CCOCOc1ccc(Oc2ccc([N+](=O)[O-])cc2)cc1C=O. The normalized spacial score (nSPS) is 11.1. The molecule has 0 aliphatic heterocycles. The predicted molar refractivity (Wildman–Crippen MR) is 105 cm³/mol. The van der Waals surface area contributed by atoms with E-state index >= 15 is 0 Å². The van der Waals surface area contributed by atoms with Crippen LogP contribution in [-0.4, -0.2) is 32.7 Å². The van der Waals surface area contributed by atoms with Crippen LogP contribution in [0.4, 0.5) is 5.69 Å². The van der Waals surface area contributed by atoms with Crippen LogP contribution in [0.25, 0.3) is 0 Å². The van der Waals surface area contributed by atoms with E-state index in [1.165, 1.54) is 24.3 Å². The topological polar surface area (TPSA) is 87.9 Å². The molecule has 0 spiro atoms. The summed E-state index contributed by atoms with van der Waals surface area (Å²) in [6.45, 7) is 7.52. The summed E-state index contributed by atoms with van der Waals surface area (Å²) in [7, 11) is -1.15. The van der Waals surface area contributed by atoms with E-state index in [4.69, 9.17) is 14.2 Å². The molecule has 0 heterocycles. The highest BCUT2D eigenvalue weighted by atomic mass is 28.3. The molecule has 0 saturated carbocycles. The zero-order chi connectivity index (χ0) is 19.9. The Morgan fingerprint density at radius 1 is 1.07 bits per heavy atom. The van der Waals surface area contributed by atoms with Gasteiger partial charge in [0.2, 0.25) is 0 Å². The highest BCUT2D eigenvalue weighted by Crippen LogP contribution is 2.28. The third kappa shape index (κ3) is 6.84. The second-order valence-corrected chi connectivity index (χ2v) is 12.8. The molecule has 0 aliphatic rings. The minimum absolute atomic E-state index is 0.0196. The van der Waals surface area contributed by atoms with Gasteiger partial charge in [-0.15, -0.1) is 0 Å². The summed E-state index contributed by atoms with van der Waals surface area (Å²) in [6, 6.07) is 11.6. The molecule has 0 aromatic heterocycles. The smallest absolute Gasteiger partial charge is 0.269 e. The third-order valence-electron chi connectivity index (χ3n) is 3.69. The molecule has 2 aromatic rings. The maximum atomic E-state index is 11.3. The Hall–Kier alpha value is -2.71. The largest absolute Gasteiger partial charge is 0.467 e. The number of nitro benzene ring substituents is 1. The van der Waals surface area contributed by atoms with Crippen molar-refractivity contribution in [2.24, 2.45) is 0 Å². The van der Waals surface area contributed by atoms with Crippen LogP contribution in [-0.2, 0) is 4.74 Å².